The van der Waals surface area contributed by atoms with Crippen molar-refractivity contribution in [2.75, 3.05) is 6.61 Å². The predicted molar refractivity (Wildman–Crippen MR) is 82.5 cm³/mol. The van der Waals surface area contributed by atoms with Crippen LogP contribution in [0.1, 0.15) is 45.1 Å². The van der Waals surface area contributed by atoms with E-state index in [0.717, 1.165) is 31.2 Å². The largest absolute Gasteiger partial charge is 0.493 e. The quantitative estimate of drug-likeness (QED) is 0.504. The molecule has 0 aliphatic rings. The van der Waals surface area contributed by atoms with Crippen molar-refractivity contribution in [3.05, 3.63) is 42.2 Å². The monoisotopic (exact) mass is 279 g/mol. The second-order valence-corrected chi connectivity index (χ2v) is 5.32. The Bertz CT molecular complexity index is 404. The van der Waals surface area contributed by atoms with Crippen molar-refractivity contribution in [2.45, 2.75) is 52.1 Å². The lowest BCUT2D eigenvalue weighted by atomic mass is 10.2. The van der Waals surface area contributed by atoms with Crippen LogP contribution < -0.4 is 10.1 Å². The van der Waals surface area contributed by atoms with E-state index in [2.05, 4.69) is 25.7 Å². The van der Waals surface area contributed by atoms with Gasteiger partial charge in [0.05, 0.1) is 6.61 Å². The molecule has 1 rings (SSSR count). The highest BCUT2D eigenvalue weighted by Gasteiger charge is 2.03. The zero-order valence-corrected chi connectivity index (χ0v) is 12.6. The maximum Gasteiger partial charge on any atom is 0.127 e. The summed E-state index contributed by atoms with van der Waals surface area (Å²) >= 11 is 0. The van der Waals surface area contributed by atoms with Gasteiger partial charge in [-0.25, -0.2) is 4.39 Å². The summed E-state index contributed by atoms with van der Waals surface area (Å²) in [5.74, 6) is 0.379. The van der Waals surface area contributed by atoms with Crippen LogP contribution in [-0.4, -0.2) is 12.6 Å². The summed E-state index contributed by atoms with van der Waals surface area (Å²) in [5.41, 5.74) is 0.917. The van der Waals surface area contributed by atoms with Crippen molar-refractivity contribution in [3.8, 4) is 5.75 Å². The second-order valence-electron chi connectivity index (χ2n) is 5.32. The van der Waals surface area contributed by atoms with Crippen molar-refractivity contribution in [3.63, 3.8) is 0 Å². The number of unbranched alkanes of at least 4 members (excludes halogenated alkanes) is 3. The molecule has 2 nitrogen and oxygen atoms in total. The normalized spacial score (nSPS) is 10.8. The van der Waals surface area contributed by atoms with Gasteiger partial charge in [-0.1, -0.05) is 19.9 Å². The zero-order chi connectivity index (χ0) is 14.8. The minimum absolute atomic E-state index is 0.241. The molecule has 0 saturated carbocycles. The maximum absolute atomic E-state index is 13.5. The van der Waals surface area contributed by atoms with E-state index in [1.807, 2.05) is 12.1 Å². The molecule has 0 saturated heterocycles. The van der Waals surface area contributed by atoms with Crippen LogP contribution >= 0.6 is 0 Å². The standard InChI is InChI=1S/C17H26FNO/c1-4-5-6-7-8-9-20-17-11-15(10-16(18)12-17)13-19-14(2)3/h4,10-12,14,19H,1,5-9,13H2,2-3H3. The molecule has 0 fully saturated rings. The van der Waals surface area contributed by atoms with Gasteiger partial charge in [0.25, 0.3) is 0 Å². The lowest BCUT2D eigenvalue weighted by Gasteiger charge is -2.11. The molecule has 1 aromatic carbocycles. The molecule has 0 bridgehead atoms. The number of hydrogen-bond donors (Lipinski definition) is 1. The molecule has 112 valence electrons. The van der Waals surface area contributed by atoms with Crippen molar-refractivity contribution in [1.82, 2.24) is 5.32 Å². The van der Waals surface area contributed by atoms with Crippen molar-refractivity contribution < 1.29 is 9.13 Å². The lowest BCUT2D eigenvalue weighted by Crippen LogP contribution is -2.21. The average Bonchev–Trinajstić information content (AvgIpc) is 2.40. The highest BCUT2D eigenvalue weighted by atomic mass is 19.1. The van der Waals surface area contributed by atoms with Gasteiger partial charge in [0.15, 0.2) is 0 Å². The molecule has 1 N–H and O–H groups in total. The Hall–Kier alpha value is -1.35. The van der Waals surface area contributed by atoms with Gasteiger partial charge in [0.1, 0.15) is 11.6 Å². The smallest absolute Gasteiger partial charge is 0.127 e. The van der Waals surface area contributed by atoms with Crippen LogP contribution in [0.2, 0.25) is 0 Å². The van der Waals surface area contributed by atoms with E-state index in [1.54, 1.807) is 6.07 Å². The molecule has 0 atom stereocenters. The van der Waals surface area contributed by atoms with E-state index in [4.69, 9.17) is 4.74 Å². The highest BCUT2D eigenvalue weighted by Crippen LogP contribution is 2.17. The van der Waals surface area contributed by atoms with Crippen molar-refractivity contribution in [1.29, 1.82) is 0 Å². The summed E-state index contributed by atoms with van der Waals surface area (Å²) in [6.45, 7) is 9.13. The number of benzene rings is 1. The van der Waals surface area contributed by atoms with Crippen LogP contribution in [0.4, 0.5) is 4.39 Å². The first-order valence-corrected chi connectivity index (χ1v) is 7.38. The molecule has 0 radical (unpaired) electrons. The molecule has 3 heteroatoms. The Morgan fingerprint density at radius 2 is 2.05 bits per heavy atom. The van der Waals surface area contributed by atoms with Gasteiger partial charge in [0, 0.05) is 18.7 Å². The van der Waals surface area contributed by atoms with Crippen LogP contribution in [0.25, 0.3) is 0 Å². The number of halogens is 1. The van der Waals surface area contributed by atoms with Gasteiger partial charge in [-0.15, -0.1) is 6.58 Å². The number of ether oxygens (including phenoxy) is 1. The van der Waals surface area contributed by atoms with E-state index in [-0.39, 0.29) is 5.82 Å². The number of allylic oxidation sites excluding steroid dienone is 1. The third kappa shape index (κ3) is 7.29. The second kappa shape index (κ2) is 9.54. The summed E-state index contributed by atoms with van der Waals surface area (Å²) in [6.07, 6.45) is 6.22. The fourth-order valence-corrected chi connectivity index (χ4v) is 1.89. The highest BCUT2D eigenvalue weighted by molar-refractivity contribution is 5.29. The SMILES string of the molecule is C=CCCCCCOc1cc(F)cc(CNC(C)C)c1. The molecule has 0 amide bonds. The third-order valence-electron chi connectivity index (χ3n) is 2.97. The number of hydrogen-bond acceptors (Lipinski definition) is 2. The maximum atomic E-state index is 13.5. The summed E-state index contributed by atoms with van der Waals surface area (Å²) in [4.78, 5) is 0. The Kier molecular flexibility index (Phi) is 7.97. The lowest BCUT2D eigenvalue weighted by molar-refractivity contribution is 0.303. The molecule has 0 aliphatic heterocycles. The Balaban J connectivity index is 2.38. The van der Waals surface area contributed by atoms with Gasteiger partial charge < -0.3 is 10.1 Å². The van der Waals surface area contributed by atoms with E-state index in [1.165, 1.54) is 6.07 Å². The Labute approximate surface area is 122 Å². The van der Waals surface area contributed by atoms with Gasteiger partial charge >= 0.3 is 0 Å². The Morgan fingerprint density at radius 1 is 1.25 bits per heavy atom. The number of nitrogens with one attached hydrogen (secondary N) is 1. The van der Waals surface area contributed by atoms with Crippen LogP contribution in [0, 0.1) is 5.82 Å². The van der Waals surface area contributed by atoms with E-state index in [0.29, 0.717) is 24.9 Å². The molecule has 1 aromatic rings. The molecule has 0 aliphatic carbocycles. The zero-order valence-electron chi connectivity index (χ0n) is 12.6. The summed E-state index contributed by atoms with van der Waals surface area (Å²) in [5, 5.41) is 3.28. The molecule has 0 spiro atoms. The van der Waals surface area contributed by atoms with Gasteiger partial charge in [-0.2, -0.15) is 0 Å². The first-order valence-electron chi connectivity index (χ1n) is 7.38. The fourth-order valence-electron chi connectivity index (χ4n) is 1.89. The topological polar surface area (TPSA) is 21.3 Å². The fraction of sp³-hybridized carbons (Fsp3) is 0.529. The van der Waals surface area contributed by atoms with Gasteiger partial charge in [-0.3, -0.25) is 0 Å². The first kappa shape index (κ1) is 16.7. The Morgan fingerprint density at radius 3 is 2.75 bits per heavy atom. The van der Waals surface area contributed by atoms with E-state index in [9.17, 15) is 4.39 Å². The molecule has 0 unspecified atom stereocenters. The molecular formula is C17H26FNO. The van der Waals surface area contributed by atoms with Crippen LogP contribution in [0.5, 0.6) is 5.75 Å². The molecule has 0 heterocycles. The van der Waals surface area contributed by atoms with Gasteiger partial charge in [0.2, 0.25) is 0 Å². The first-order chi connectivity index (χ1) is 9.61. The minimum Gasteiger partial charge on any atom is -0.493 e. The van der Waals surface area contributed by atoms with Crippen molar-refractivity contribution in [2.24, 2.45) is 0 Å². The summed E-state index contributed by atoms with van der Waals surface area (Å²) in [7, 11) is 0. The minimum atomic E-state index is -0.241. The van der Waals surface area contributed by atoms with Crippen LogP contribution in [0.15, 0.2) is 30.9 Å². The predicted octanol–water partition coefficient (Wildman–Crippen LogP) is 4.45. The average molecular weight is 279 g/mol. The number of rotatable bonds is 10. The molecule has 0 aromatic heterocycles. The van der Waals surface area contributed by atoms with Crippen LogP contribution in [0.3, 0.4) is 0 Å². The van der Waals surface area contributed by atoms with Crippen molar-refractivity contribution >= 4 is 0 Å². The van der Waals surface area contributed by atoms with Crippen LogP contribution in [-0.2, 0) is 6.54 Å². The van der Waals surface area contributed by atoms with Gasteiger partial charge in [-0.05, 0) is 43.4 Å². The summed E-state index contributed by atoms with van der Waals surface area (Å²) < 4.78 is 19.1. The summed E-state index contributed by atoms with van der Waals surface area (Å²) in [6, 6.07) is 5.28. The molecule has 20 heavy (non-hydrogen) atoms. The third-order valence-corrected chi connectivity index (χ3v) is 2.97. The van der Waals surface area contributed by atoms with E-state index >= 15 is 0 Å². The molecular weight excluding hydrogens is 253 g/mol. The van der Waals surface area contributed by atoms with E-state index < -0.39 is 0 Å².